The summed E-state index contributed by atoms with van der Waals surface area (Å²) in [4.78, 5) is 5.10. The molecule has 2 saturated heterocycles. The molecular formula is C26H28N2. The van der Waals surface area contributed by atoms with Crippen molar-refractivity contribution in [3.8, 4) is 0 Å². The SMILES string of the molecule is c1ccc(N(c2ccccc2)c2ccc([C@H]3CC[C@H]4CCCCN43)cc2)cc1. The molecule has 2 atom stereocenters. The molecule has 142 valence electrons. The first-order valence-corrected chi connectivity index (χ1v) is 10.7. The molecule has 0 unspecified atom stereocenters. The maximum Gasteiger partial charge on any atom is 0.0461 e. The molecule has 3 aromatic rings. The van der Waals surface area contributed by atoms with Crippen molar-refractivity contribution in [2.75, 3.05) is 11.4 Å². The lowest BCUT2D eigenvalue weighted by Gasteiger charge is -2.34. The molecule has 0 N–H and O–H groups in total. The number of nitrogens with zero attached hydrogens (tertiary/aromatic N) is 2. The highest BCUT2D eigenvalue weighted by atomic mass is 15.2. The Bertz CT molecular complexity index is 849. The first kappa shape index (κ1) is 17.5. The van der Waals surface area contributed by atoms with Gasteiger partial charge in [-0.2, -0.15) is 0 Å². The fourth-order valence-electron chi connectivity index (χ4n) is 5.06. The fraction of sp³-hybridized carbons (Fsp3) is 0.308. The summed E-state index contributed by atoms with van der Waals surface area (Å²) in [5.41, 5.74) is 5.08. The van der Waals surface area contributed by atoms with Crippen molar-refractivity contribution in [2.45, 2.75) is 44.2 Å². The van der Waals surface area contributed by atoms with Crippen molar-refractivity contribution in [2.24, 2.45) is 0 Å². The van der Waals surface area contributed by atoms with E-state index in [0.29, 0.717) is 6.04 Å². The van der Waals surface area contributed by atoms with Gasteiger partial charge in [0.05, 0.1) is 0 Å². The highest BCUT2D eigenvalue weighted by Gasteiger charge is 2.35. The Labute approximate surface area is 168 Å². The van der Waals surface area contributed by atoms with Crippen LogP contribution in [0.5, 0.6) is 0 Å². The third kappa shape index (κ3) is 3.33. The Morgan fingerprint density at radius 1 is 0.607 bits per heavy atom. The Hall–Kier alpha value is -2.58. The van der Waals surface area contributed by atoms with E-state index >= 15 is 0 Å². The molecular weight excluding hydrogens is 340 g/mol. The van der Waals surface area contributed by atoms with Crippen LogP contribution in [0.2, 0.25) is 0 Å². The predicted molar refractivity (Wildman–Crippen MR) is 117 cm³/mol. The molecule has 0 saturated carbocycles. The Morgan fingerprint density at radius 3 is 1.86 bits per heavy atom. The minimum atomic E-state index is 0.612. The third-order valence-corrected chi connectivity index (χ3v) is 6.41. The Kier molecular flexibility index (Phi) is 4.88. The molecule has 2 nitrogen and oxygen atoms in total. The average molecular weight is 369 g/mol. The third-order valence-electron chi connectivity index (χ3n) is 6.41. The average Bonchev–Trinajstić information content (AvgIpc) is 3.20. The van der Waals surface area contributed by atoms with Gasteiger partial charge in [-0.15, -0.1) is 0 Å². The number of anilines is 3. The molecule has 2 aliphatic rings. The molecule has 3 aromatic carbocycles. The van der Waals surface area contributed by atoms with Crippen molar-refractivity contribution >= 4 is 17.1 Å². The van der Waals surface area contributed by atoms with Crippen LogP contribution in [0.15, 0.2) is 84.9 Å². The zero-order valence-electron chi connectivity index (χ0n) is 16.4. The van der Waals surface area contributed by atoms with Gasteiger partial charge in [0.25, 0.3) is 0 Å². The molecule has 2 heteroatoms. The van der Waals surface area contributed by atoms with Crippen LogP contribution in [0.25, 0.3) is 0 Å². The van der Waals surface area contributed by atoms with Crippen LogP contribution in [0, 0.1) is 0 Å². The second-order valence-corrected chi connectivity index (χ2v) is 8.08. The first-order valence-electron chi connectivity index (χ1n) is 10.7. The standard InChI is InChI=1S/C26H28N2/c1-3-10-23(11-4-1)28(24-12-5-2-6-13-24)25-16-14-21(15-17-25)26-19-18-22-9-7-8-20-27(22)26/h1-6,10-17,22,26H,7-9,18-20H2/t22-,26-/m1/s1. The number of rotatable bonds is 4. The number of hydrogen-bond acceptors (Lipinski definition) is 2. The van der Waals surface area contributed by atoms with Gasteiger partial charge >= 0.3 is 0 Å². The van der Waals surface area contributed by atoms with E-state index in [1.54, 1.807) is 0 Å². The normalized spacial score (nSPS) is 22.0. The minimum Gasteiger partial charge on any atom is -0.311 e. The van der Waals surface area contributed by atoms with Gasteiger partial charge in [0.2, 0.25) is 0 Å². The summed E-state index contributed by atoms with van der Waals surface area (Å²) < 4.78 is 0. The summed E-state index contributed by atoms with van der Waals surface area (Å²) in [6.45, 7) is 1.28. The molecule has 0 aromatic heterocycles. The lowest BCUT2D eigenvalue weighted by molar-refractivity contribution is 0.150. The Morgan fingerprint density at radius 2 is 1.21 bits per heavy atom. The van der Waals surface area contributed by atoms with Gasteiger partial charge in [-0.25, -0.2) is 0 Å². The minimum absolute atomic E-state index is 0.612. The summed E-state index contributed by atoms with van der Waals surface area (Å²) in [5, 5.41) is 0. The van der Waals surface area contributed by atoms with Crippen LogP contribution < -0.4 is 4.90 Å². The summed E-state index contributed by atoms with van der Waals surface area (Å²) in [6.07, 6.45) is 6.85. The van der Waals surface area contributed by atoms with Crippen LogP contribution >= 0.6 is 0 Å². The summed E-state index contributed by atoms with van der Waals surface area (Å²) >= 11 is 0. The largest absolute Gasteiger partial charge is 0.311 e. The molecule has 0 bridgehead atoms. The van der Waals surface area contributed by atoms with E-state index in [0.717, 1.165) is 6.04 Å². The van der Waals surface area contributed by atoms with E-state index in [-0.39, 0.29) is 0 Å². The summed E-state index contributed by atoms with van der Waals surface area (Å²) in [7, 11) is 0. The summed E-state index contributed by atoms with van der Waals surface area (Å²) in [5.74, 6) is 0. The van der Waals surface area contributed by atoms with Crippen LogP contribution in [0.3, 0.4) is 0 Å². The smallest absolute Gasteiger partial charge is 0.0461 e. The lowest BCUT2D eigenvalue weighted by Crippen LogP contribution is -2.35. The van der Waals surface area contributed by atoms with Crippen molar-refractivity contribution in [1.29, 1.82) is 0 Å². The Balaban J connectivity index is 1.46. The van der Waals surface area contributed by atoms with E-state index in [9.17, 15) is 0 Å². The van der Waals surface area contributed by atoms with Crippen molar-refractivity contribution in [1.82, 2.24) is 4.90 Å². The topological polar surface area (TPSA) is 6.48 Å². The first-order chi connectivity index (χ1) is 13.9. The molecule has 5 rings (SSSR count). The molecule has 2 fully saturated rings. The number of piperidine rings is 1. The van der Waals surface area contributed by atoms with Gasteiger partial charge in [0.1, 0.15) is 0 Å². The molecule has 28 heavy (non-hydrogen) atoms. The zero-order valence-corrected chi connectivity index (χ0v) is 16.4. The van der Waals surface area contributed by atoms with E-state index in [4.69, 9.17) is 0 Å². The quantitative estimate of drug-likeness (QED) is 0.497. The number of hydrogen-bond donors (Lipinski definition) is 0. The molecule has 0 spiro atoms. The maximum absolute atomic E-state index is 2.77. The summed E-state index contributed by atoms with van der Waals surface area (Å²) in [6, 6.07) is 32.0. The number of fused-ring (bicyclic) bond motifs is 1. The van der Waals surface area contributed by atoms with E-state index in [1.807, 2.05) is 0 Å². The van der Waals surface area contributed by atoms with Crippen LogP contribution in [-0.2, 0) is 0 Å². The van der Waals surface area contributed by atoms with E-state index < -0.39 is 0 Å². The monoisotopic (exact) mass is 368 g/mol. The van der Waals surface area contributed by atoms with Gasteiger partial charge in [-0.05, 0) is 74.2 Å². The second-order valence-electron chi connectivity index (χ2n) is 8.08. The number of para-hydroxylation sites is 2. The van der Waals surface area contributed by atoms with Crippen molar-refractivity contribution in [3.63, 3.8) is 0 Å². The van der Waals surface area contributed by atoms with Gasteiger partial charge in [-0.1, -0.05) is 55.0 Å². The van der Waals surface area contributed by atoms with Gasteiger partial charge in [-0.3, -0.25) is 4.90 Å². The number of benzene rings is 3. The lowest BCUT2D eigenvalue weighted by atomic mass is 10.0. The van der Waals surface area contributed by atoms with Crippen molar-refractivity contribution in [3.05, 3.63) is 90.5 Å². The second kappa shape index (κ2) is 7.81. The molecule has 0 radical (unpaired) electrons. The molecule has 2 aliphatic heterocycles. The predicted octanol–water partition coefficient (Wildman–Crippen LogP) is 6.85. The maximum atomic E-state index is 2.77. The van der Waals surface area contributed by atoms with Gasteiger partial charge in [0, 0.05) is 29.1 Å². The highest BCUT2D eigenvalue weighted by molar-refractivity contribution is 5.76. The van der Waals surface area contributed by atoms with Gasteiger partial charge < -0.3 is 4.90 Å². The molecule has 0 aliphatic carbocycles. The van der Waals surface area contributed by atoms with Crippen LogP contribution in [-0.4, -0.2) is 17.5 Å². The molecule has 2 heterocycles. The van der Waals surface area contributed by atoms with E-state index in [1.165, 1.54) is 61.3 Å². The van der Waals surface area contributed by atoms with Crippen molar-refractivity contribution < 1.29 is 0 Å². The highest BCUT2D eigenvalue weighted by Crippen LogP contribution is 2.41. The van der Waals surface area contributed by atoms with Crippen LogP contribution in [0.4, 0.5) is 17.1 Å². The van der Waals surface area contributed by atoms with Gasteiger partial charge in [0.15, 0.2) is 0 Å². The molecule has 0 amide bonds. The fourth-order valence-corrected chi connectivity index (χ4v) is 5.06. The van der Waals surface area contributed by atoms with Crippen LogP contribution in [0.1, 0.15) is 43.7 Å². The van der Waals surface area contributed by atoms with E-state index in [2.05, 4.69) is 94.7 Å². The zero-order chi connectivity index (χ0) is 18.8.